The average Bonchev–Trinajstić information content (AvgIpc) is 2.84. The highest BCUT2D eigenvalue weighted by Gasteiger charge is 2.33. The van der Waals surface area contributed by atoms with E-state index < -0.39 is 15.4 Å². The zero-order valence-electron chi connectivity index (χ0n) is 14.4. The molecule has 8 heteroatoms. The predicted molar refractivity (Wildman–Crippen MR) is 90.6 cm³/mol. The SMILES string of the molecule is CN(C(=O)c1ccnc(C(=O)NC(C)(C)C)c1)C1CCS(=O)(=O)C1. The highest BCUT2D eigenvalue weighted by Crippen LogP contribution is 2.18. The highest BCUT2D eigenvalue weighted by atomic mass is 32.2. The molecule has 1 N–H and O–H groups in total. The van der Waals surface area contributed by atoms with Crippen molar-refractivity contribution in [2.24, 2.45) is 0 Å². The first kappa shape index (κ1) is 18.4. The molecule has 132 valence electrons. The van der Waals surface area contributed by atoms with Gasteiger partial charge in [-0.2, -0.15) is 0 Å². The molecule has 0 aliphatic carbocycles. The van der Waals surface area contributed by atoms with Gasteiger partial charge in [0.25, 0.3) is 11.8 Å². The molecule has 0 saturated carbocycles. The maximum atomic E-state index is 12.6. The molecule has 2 amide bonds. The number of nitrogens with one attached hydrogen (secondary N) is 1. The van der Waals surface area contributed by atoms with Gasteiger partial charge in [-0.25, -0.2) is 8.42 Å². The van der Waals surface area contributed by atoms with Gasteiger partial charge in [0, 0.05) is 30.4 Å². The number of pyridine rings is 1. The Labute approximate surface area is 142 Å². The molecule has 1 aromatic heterocycles. The monoisotopic (exact) mass is 353 g/mol. The minimum atomic E-state index is -3.07. The van der Waals surface area contributed by atoms with Gasteiger partial charge in [-0.3, -0.25) is 14.6 Å². The fraction of sp³-hybridized carbons (Fsp3) is 0.562. The summed E-state index contributed by atoms with van der Waals surface area (Å²) in [7, 11) is -1.48. The molecule has 24 heavy (non-hydrogen) atoms. The zero-order valence-corrected chi connectivity index (χ0v) is 15.2. The smallest absolute Gasteiger partial charge is 0.270 e. The number of hydrogen-bond donors (Lipinski definition) is 1. The lowest BCUT2D eigenvalue weighted by molar-refractivity contribution is 0.0747. The lowest BCUT2D eigenvalue weighted by Crippen LogP contribution is -2.41. The Morgan fingerprint density at radius 2 is 2.00 bits per heavy atom. The van der Waals surface area contributed by atoms with Gasteiger partial charge in [0.05, 0.1) is 11.5 Å². The molecular weight excluding hydrogens is 330 g/mol. The minimum Gasteiger partial charge on any atom is -0.346 e. The Balaban J connectivity index is 2.16. The van der Waals surface area contributed by atoms with Crippen LogP contribution in [0.15, 0.2) is 18.3 Å². The summed E-state index contributed by atoms with van der Waals surface area (Å²) in [6, 6.07) is 2.63. The van der Waals surface area contributed by atoms with Crippen molar-refractivity contribution < 1.29 is 18.0 Å². The van der Waals surface area contributed by atoms with Crippen molar-refractivity contribution in [1.82, 2.24) is 15.2 Å². The summed E-state index contributed by atoms with van der Waals surface area (Å²) in [5, 5.41) is 2.79. The molecular formula is C16H23N3O4S. The molecule has 1 aromatic rings. The first-order chi connectivity index (χ1) is 11.0. The van der Waals surface area contributed by atoms with Crippen LogP contribution in [-0.2, 0) is 9.84 Å². The van der Waals surface area contributed by atoms with Crippen molar-refractivity contribution in [2.75, 3.05) is 18.6 Å². The number of carbonyl (C=O) groups is 2. The van der Waals surface area contributed by atoms with Gasteiger partial charge >= 0.3 is 0 Å². The molecule has 7 nitrogen and oxygen atoms in total. The minimum absolute atomic E-state index is 0.0162. The van der Waals surface area contributed by atoms with Crippen molar-refractivity contribution >= 4 is 21.7 Å². The third-order valence-corrected chi connectivity index (χ3v) is 5.55. The van der Waals surface area contributed by atoms with E-state index in [0.29, 0.717) is 12.0 Å². The van der Waals surface area contributed by atoms with Crippen LogP contribution in [-0.4, -0.2) is 60.3 Å². The largest absolute Gasteiger partial charge is 0.346 e. The number of nitrogens with zero attached hydrogens (tertiary/aromatic N) is 2. The second-order valence-electron chi connectivity index (χ2n) is 7.11. The van der Waals surface area contributed by atoms with Gasteiger partial charge in [-0.05, 0) is 39.3 Å². The average molecular weight is 353 g/mol. The van der Waals surface area contributed by atoms with Crippen molar-refractivity contribution in [3.05, 3.63) is 29.6 Å². The molecule has 1 atom stereocenters. The highest BCUT2D eigenvalue weighted by molar-refractivity contribution is 7.91. The standard InChI is InChI=1S/C16H23N3O4S/c1-16(2,3)18-14(20)13-9-11(5-7-17-13)15(21)19(4)12-6-8-24(22,23)10-12/h5,7,9,12H,6,8,10H2,1-4H3,(H,18,20). The summed E-state index contributed by atoms with van der Waals surface area (Å²) in [6.45, 7) is 5.57. The van der Waals surface area contributed by atoms with E-state index in [0.717, 1.165) is 0 Å². The first-order valence-corrected chi connectivity index (χ1v) is 9.57. The normalized spacial score (nSPS) is 19.8. The summed E-state index contributed by atoms with van der Waals surface area (Å²) < 4.78 is 23.2. The van der Waals surface area contributed by atoms with Gasteiger partial charge < -0.3 is 10.2 Å². The Morgan fingerprint density at radius 1 is 1.33 bits per heavy atom. The van der Waals surface area contributed by atoms with Crippen LogP contribution in [0.5, 0.6) is 0 Å². The van der Waals surface area contributed by atoms with Crippen molar-refractivity contribution in [1.29, 1.82) is 0 Å². The second-order valence-corrected chi connectivity index (χ2v) is 9.34. The van der Waals surface area contributed by atoms with Crippen LogP contribution in [0.1, 0.15) is 48.0 Å². The van der Waals surface area contributed by atoms with Gasteiger partial charge in [-0.15, -0.1) is 0 Å². The molecule has 1 aliphatic rings. The van der Waals surface area contributed by atoms with Crippen LogP contribution >= 0.6 is 0 Å². The fourth-order valence-electron chi connectivity index (χ4n) is 2.54. The predicted octanol–water partition coefficient (Wildman–Crippen LogP) is 0.869. The molecule has 0 spiro atoms. The number of carbonyl (C=O) groups excluding carboxylic acids is 2. The Hall–Kier alpha value is -1.96. The lowest BCUT2D eigenvalue weighted by Gasteiger charge is -2.24. The number of rotatable bonds is 3. The maximum absolute atomic E-state index is 12.6. The van der Waals surface area contributed by atoms with Crippen molar-refractivity contribution in [3.63, 3.8) is 0 Å². The number of sulfone groups is 1. The van der Waals surface area contributed by atoms with Gasteiger partial charge in [0.2, 0.25) is 0 Å². The van der Waals surface area contributed by atoms with Crippen LogP contribution in [0, 0.1) is 0 Å². The second kappa shape index (κ2) is 6.51. The molecule has 1 saturated heterocycles. The van der Waals surface area contributed by atoms with Crippen molar-refractivity contribution in [2.45, 2.75) is 38.8 Å². The van der Waals surface area contributed by atoms with Gasteiger partial charge in [0.15, 0.2) is 9.84 Å². The molecule has 0 radical (unpaired) electrons. The Bertz CT molecular complexity index is 753. The quantitative estimate of drug-likeness (QED) is 0.870. The summed E-state index contributed by atoms with van der Waals surface area (Å²) in [5.74, 6) is -0.588. The van der Waals surface area contributed by atoms with E-state index in [2.05, 4.69) is 10.3 Å². The zero-order chi connectivity index (χ0) is 18.1. The molecule has 2 rings (SSSR count). The van der Waals surface area contributed by atoms with E-state index >= 15 is 0 Å². The van der Waals surface area contributed by atoms with Crippen molar-refractivity contribution in [3.8, 4) is 0 Å². The van der Waals surface area contributed by atoms with E-state index in [1.807, 2.05) is 20.8 Å². The van der Waals surface area contributed by atoms with E-state index in [1.165, 1.54) is 23.2 Å². The number of amides is 2. The van der Waals surface area contributed by atoms with E-state index in [4.69, 9.17) is 0 Å². The molecule has 1 fully saturated rings. The van der Waals surface area contributed by atoms with Crippen LogP contribution in [0.2, 0.25) is 0 Å². The summed E-state index contributed by atoms with van der Waals surface area (Å²) in [4.78, 5) is 30.2. The molecule has 2 heterocycles. The molecule has 0 aromatic carbocycles. The van der Waals surface area contributed by atoms with E-state index in [1.54, 1.807) is 7.05 Å². The van der Waals surface area contributed by atoms with Gasteiger partial charge in [0.1, 0.15) is 5.69 Å². The third kappa shape index (κ3) is 4.53. The number of aromatic nitrogens is 1. The van der Waals surface area contributed by atoms with E-state index in [9.17, 15) is 18.0 Å². The van der Waals surface area contributed by atoms with Crippen LogP contribution < -0.4 is 5.32 Å². The van der Waals surface area contributed by atoms with Crippen LogP contribution in [0.25, 0.3) is 0 Å². The summed E-state index contributed by atoms with van der Waals surface area (Å²) >= 11 is 0. The van der Waals surface area contributed by atoms with Crippen LogP contribution in [0.4, 0.5) is 0 Å². The molecule has 1 unspecified atom stereocenters. The molecule has 1 aliphatic heterocycles. The van der Waals surface area contributed by atoms with Gasteiger partial charge in [-0.1, -0.05) is 0 Å². The Morgan fingerprint density at radius 3 is 2.54 bits per heavy atom. The number of hydrogen-bond acceptors (Lipinski definition) is 5. The summed E-state index contributed by atoms with van der Waals surface area (Å²) in [6.07, 6.45) is 1.84. The molecule has 0 bridgehead atoms. The topological polar surface area (TPSA) is 96.4 Å². The van der Waals surface area contributed by atoms with Crippen LogP contribution in [0.3, 0.4) is 0 Å². The first-order valence-electron chi connectivity index (χ1n) is 7.75. The Kier molecular flexibility index (Phi) is 4.98. The maximum Gasteiger partial charge on any atom is 0.270 e. The lowest BCUT2D eigenvalue weighted by atomic mass is 10.1. The summed E-state index contributed by atoms with van der Waals surface area (Å²) in [5.41, 5.74) is 0.0624. The third-order valence-electron chi connectivity index (χ3n) is 3.80. The fourth-order valence-corrected chi connectivity index (χ4v) is 4.32. The van der Waals surface area contributed by atoms with E-state index in [-0.39, 0.29) is 35.1 Å².